The number of nitrogens with zero attached hydrogens (tertiary/aromatic N) is 1. The average Bonchev–Trinajstić information content (AvgIpc) is 3.04. The highest BCUT2D eigenvalue weighted by Crippen LogP contribution is 2.37. The van der Waals surface area contributed by atoms with E-state index < -0.39 is 0 Å². The van der Waals surface area contributed by atoms with Crippen LogP contribution in [-0.4, -0.2) is 43.5 Å². The first-order valence-corrected chi connectivity index (χ1v) is 10.4. The molecule has 3 nitrogen and oxygen atoms in total. The summed E-state index contributed by atoms with van der Waals surface area (Å²) in [5.74, 6) is 1.18. The van der Waals surface area contributed by atoms with E-state index in [2.05, 4.69) is 37.8 Å². The van der Waals surface area contributed by atoms with Gasteiger partial charge in [0.1, 0.15) is 0 Å². The number of hydrogen-bond donors (Lipinski definition) is 0. The molecule has 25 heavy (non-hydrogen) atoms. The smallest absolute Gasteiger partial charge is 0.161 e. The number of likely N-dealkylation sites (tertiary alicyclic amines) is 1. The first-order valence-electron chi connectivity index (χ1n) is 10.4. The van der Waals surface area contributed by atoms with E-state index in [1.54, 1.807) is 5.57 Å². The maximum absolute atomic E-state index is 6.32. The Hall–Kier alpha value is -0.640. The molecule has 0 unspecified atom stereocenters. The van der Waals surface area contributed by atoms with Crippen molar-refractivity contribution >= 4 is 0 Å². The highest BCUT2D eigenvalue weighted by atomic mass is 16.7. The molecule has 3 heteroatoms. The van der Waals surface area contributed by atoms with Gasteiger partial charge in [0.2, 0.25) is 0 Å². The largest absolute Gasteiger partial charge is 0.350 e. The van der Waals surface area contributed by atoms with Crippen LogP contribution in [0.2, 0.25) is 0 Å². The molecular formula is C22H37NO2. The van der Waals surface area contributed by atoms with Gasteiger partial charge in [0.25, 0.3) is 0 Å². The lowest BCUT2D eigenvalue weighted by Gasteiger charge is -2.32. The molecule has 2 fully saturated rings. The van der Waals surface area contributed by atoms with Crippen molar-refractivity contribution in [1.82, 2.24) is 4.90 Å². The molecule has 0 saturated carbocycles. The Morgan fingerprint density at radius 2 is 2.04 bits per heavy atom. The first kappa shape index (κ1) is 19.1. The van der Waals surface area contributed by atoms with Gasteiger partial charge in [-0.1, -0.05) is 36.6 Å². The van der Waals surface area contributed by atoms with E-state index in [1.807, 2.05) is 0 Å². The summed E-state index contributed by atoms with van der Waals surface area (Å²) < 4.78 is 12.4. The predicted molar refractivity (Wildman–Crippen MR) is 104 cm³/mol. The molecule has 0 aromatic heterocycles. The lowest BCUT2D eigenvalue weighted by molar-refractivity contribution is -0.113. The minimum atomic E-state index is 0.0142. The number of piperidine rings is 1. The van der Waals surface area contributed by atoms with Crippen molar-refractivity contribution in [2.45, 2.75) is 78.1 Å². The zero-order valence-corrected chi connectivity index (χ0v) is 16.5. The Labute approximate surface area is 154 Å². The SMILES string of the molecule is CC(C)=CCCC1=CC[C@H]([C@@H]2OC[C@@H](CN3CCCCC3)O2)[C@@H](C)C1. The molecular weight excluding hydrogens is 310 g/mol. The van der Waals surface area contributed by atoms with Crippen LogP contribution in [0.15, 0.2) is 23.3 Å². The summed E-state index contributed by atoms with van der Waals surface area (Å²) >= 11 is 0. The number of allylic oxidation sites excluding steroid dienone is 4. The average molecular weight is 348 g/mol. The summed E-state index contributed by atoms with van der Waals surface area (Å²) in [5.41, 5.74) is 3.05. The van der Waals surface area contributed by atoms with Gasteiger partial charge in [-0.25, -0.2) is 0 Å². The molecule has 0 N–H and O–H groups in total. The normalized spacial score (nSPS) is 34.0. The zero-order chi connectivity index (χ0) is 17.6. The lowest BCUT2D eigenvalue weighted by atomic mass is 9.79. The van der Waals surface area contributed by atoms with Gasteiger partial charge in [0.05, 0.1) is 12.7 Å². The summed E-state index contributed by atoms with van der Waals surface area (Å²) in [7, 11) is 0. The van der Waals surface area contributed by atoms with Gasteiger partial charge in [-0.15, -0.1) is 0 Å². The minimum absolute atomic E-state index is 0.0142. The topological polar surface area (TPSA) is 21.7 Å². The second kappa shape index (κ2) is 9.34. The fraction of sp³-hybridized carbons (Fsp3) is 0.818. The summed E-state index contributed by atoms with van der Waals surface area (Å²) in [6.07, 6.45) is 13.9. The summed E-state index contributed by atoms with van der Waals surface area (Å²) in [4.78, 5) is 2.56. The standard InChI is InChI=1S/C22H37NO2/c1-17(2)8-7-9-19-10-11-21(18(3)14-19)22-24-16-20(25-22)15-23-12-5-4-6-13-23/h8,10,18,20-22H,4-7,9,11-16H2,1-3H3/t18-,20+,21-,22+/m0/s1. The maximum atomic E-state index is 6.32. The Morgan fingerprint density at radius 3 is 2.76 bits per heavy atom. The van der Waals surface area contributed by atoms with E-state index >= 15 is 0 Å². The molecule has 3 aliphatic rings. The van der Waals surface area contributed by atoms with E-state index in [1.165, 1.54) is 57.2 Å². The van der Waals surface area contributed by atoms with Crippen molar-refractivity contribution in [1.29, 1.82) is 0 Å². The fourth-order valence-electron chi connectivity index (χ4n) is 4.53. The van der Waals surface area contributed by atoms with Crippen LogP contribution in [0.25, 0.3) is 0 Å². The van der Waals surface area contributed by atoms with Crippen molar-refractivity contribution in [2.24, 2.45) is 11.8 Å². The lowest BCUT2D eigenvalue weighted by Crippen LogP contribution is -2.38. The Bertz CT molecular complexity index is 474. The van der Waals surface area contributed by atoms with E-state index in [0.717, 1.165) is 19.6 Å². The monoisotopic (exact) mass is 347 g/mol. The molecule has 142 valence electrons. The molecule has 0 radical (unpaired) electrons. The summed E-state index contributed by atoms with van der Waals surface area (Å²) in [6, 6.07) is 0. The maximum Gasteiger partial charge on any atom is 0.161 e. The van der Waals surface area contributed by atoms with Gasteiger partial charge in [0.15, 0.2) is 6.29 Å². The Kier molecular flexibility index (Phi) is 7.15. The third-order valence-corrected chi connectivity index (χ3v) is 6.04. The molecule has 4 atom stereocenters. The molecule has 0 aromatic rings. The predicted octanol–water partition coefficient (Wildman–Crippen LogP) is 4.93. The van der Waals surface area contributed by atoms with E-state index in [0.29, 0.717) is 11.8 Å². The van der Waals surface area contributed by atoms with Crippen LogP contribution in [0.3, 0.4) is 0 Å². The van der Waals surface area contributed by atoms with Gasteiger partial charge in [0, 0.05) is 12.5 Å². The highest BCUT2D eigenvalue weighted by molar-refractivity contribution is 5.10. The first-order chi connectivity index (χ1) is 12.1. The highest BCUT2D eigenvalue weighted by Gasteiger charge is 2.37. The molecule has 2 aliphatic heterocycles. The molecule has 2 saturated heterocycles. The van der Waals surface area contributed by atoms with Crippen LogP contribution < -0.4 is 0 Å². The Balaban J connectivity index is 1.45. The van der Waals surface area contributed by atoms with Crippen LogP contribution in [0.1, 0.15) is 65.7 Å². The second-order valence-corrected chi connectivity index (χ2v) is 8.58. The van der Waals surface area contributed by atoms with Crippen molar-refractivity contribution < 1.29 is 9.47 Å². The molecule has 3 rings (SSSR count). The molecule has 0 bridgehead atoms. The third-order valence-electron chi connectivity index (χ3n) is 6.04. The van der Waals surface area contributed by atoms with E-state index in [4.69, 9.17) is 9.47 Å². The zero-order valence-electron chi connectivity index (χ0n) is 16.5. The molecule has 0 spiro atoms. The van der Waals surface area contributed by atoms with Gasteiger partial charge >= 0.3 is 0 Å². The van der Waals surface area contributed by atoms with E-state index in [9.17, 15) is 0 Å². The van der Waals surface area contributed by atoms with Gasteiger partial charge < -0.3 is 14.4 Å². The van der Waals surface area contributed by atoms with Crippen LogP contribution in [-0.2, 0) is 9.47 Å². The van der Waals surface area contributed by atoms with Crippen LogP contribution in [0.5, 0.6) is 0 Å². The Morgan fingerprint density at radius 1 is 1.24 bits per heavy atom. The van der Waals surface area contributed by atoms with Gasteiger partial charge in [-0.3, -0.25) is 0 Å². The minimum Gasteiger partial charge on any atom is -0.350 e. The molecule has 0 amide bonds. The van der Waals surface area contributed by atoms with Crippen LogP contribution >= 0.6 is 0 Å². The number of rotatable bonds is 6. The summed E-state index contributed by atoms with van der Waals surface area (Å²) in [6.45, 7) is 11.1. The van der Waals surface area contributed by atoms with Crippen molar-refractivity contribution in [3.63, 3.8) is 0 Å². The number of hydrogen-bond acceptors (Lipinski definition) is 3. The van der Waals surface area contributed by atoms with Crippen LogP contribution in [0.4, 0.5) is 0 Å². The molecule has 0 aromatic carbocycles. The third kappa shape index (κ3) is 5.67. The number of ether oxygens (including phenoxy) is 2. The second-order valence-electron chi connectivity index (χ2n) is 8.58. The molecule has 2 heterocycles. The van der Waals surface area contributed by atoms with Crippen molar-refractivity contribution in [2.75, 3.05) is 26.2 Å². The van der Waals surface area contributed by atoms with Crippen molar-refractivity contribution in [3.05, 3.63) is 23.3 Å². The summed E-state index contributed by atoms with van der Waals surface area (Å²) in [5, 5.41) is 0. The van der Waals surface area contributed by atoms with E-state index in [-0.39, 0.29) is 12.4 Å². The van der Waals surface area contributed by atoms with Gasteiger partial charge in [-0.2, -0.15) is 0 Å². The van der Waals surface area contributed by atoms with Crippen LogP contribution in [0, 0.1) is 11.8 Å². The van der Waals surface area contributed by atoms with Crippen molar-refractivity contribution in [3.8, 4) is 0 Å². The fourth-order valence-corrected chi connectivity index (χ4v) is 4.53. The molecule has 1 aliphatic carbocycles. The van der Waals surface area contributed by atoms with Gasteiger partial charge in [-0.05, 0) is 71.4 Å². The quantitative estimate of drug-likeness (QED) is 0.636.